The molecule has 0 aliphatic carbocycles. The third-order valence-corrected chi connectivity index (χ3v) is 1.50. The van der Waals surface area contributed by atoms with Gasteiger partial charge >= 0.3 is 6.09 Å². The van der Waals surface area contributed by atoms with Crippen LogP contribution in [0.5, 0.6) is 0 Å². The molecule has 0 aromatic carbocycles. The Morgan fingerprint density at radius 2 is 1.94 bits per heavy atom. The number of amides is 2. The van der Waals surface area contributed by atoms with Crippen LogP contribution < -0.4 is 10.6 Å². The molecule has 0 spiro atoms. The standard InChI is InChI=1S/C10H17N3O3/c1-8(2)7-16-10(15)13-6-5-12-9(14)3-4-11/h8H,3,5-7H2,1-2H3,(H,12,14)(H,13,15). The van der Waals surface area contributed by atoms with Gasteiger partial charge in [-0.15, -0.1) is 0 Å². The summed E-state index contributed by atoms with van der Waals surface area (Å²) in [5.41, 5.74) is 0. The Balaban J connectivity index is 3.41. The maximum atomic E-state index is 11.0. The first-order valence-corrected chi connectivity index (χ1v) is 5.10. The molecule has 0 atom stereocenters. The van der Waals surface area contributed by atoms with Gasteiger partial charge in [-0.25, -0.2) is 4.79 Å². The molecule has 0 saturated carbocycles. The Morgan fingerprint density at radius 3 is 2.50 bits per heavy atom. The van der Waals surface area contributed by atoms with Gasteiger partial charge in [-0.3, -0.25) is 4.79 Å². The van der Waals surface area contributed by atoms with E-state index in [9.17, 15) is 9.59 Å². The Hall–Kier alpha value is -1.77. The molecule has 0 saturated heterocycles. The zero-order valence-electron chi connectivity index (χ0n) is 9.58. The number of carbonyl (C=O) groups excluding carboxylic acids is 2. The van der Waals surface area contributed by atoms with Gasteiger partial charge < -0.3 is 15.4 Å². The first-order valence-electron chi connectivity index (χ1n) is 5.10. The van der Waals surface area contributed by atoms with Gasteiger partial charge in [-0.2, -0.15) is 5.26 Å². The van der Waals surface area contributed by atoms with Crippen molar-refractivity contribution in [3.63, 3.8) is 0 Å². The molecule has 0 rings (SSSR count). The van der Waals surface area contributed by atoms with Gasteiger partial charge in [0.1, 0.15) is 6.42 Å². The minimum absolute atomic E-state index is 0.169. The summed E-state index contributed by atoms with van der Waals surface area (Å²) in [6.45, 7) is 4.82. The minimum Gasteiger partial charge on any atom is -0.449 e. The molecule has 0 heterocycles. The highest BCUT2D eigenvalue weighted by molar-refractivity contribution is 5.78. The predicted octanol–water partition coefficient (Wildman–Crippen LogP) is 0.398. The average Bonchev–Trinajstić information content (AvgIpc) is 2.22. The molecule has 0 aliphatic rings. The molecule has 0 aromatic heterocycles. The van der Waals surface area contributed by atoms with Crippen molar-refractivity contribution in [2.24, 2.45) is 5.92 Å². The fourth-order valence-corrected chi connectivity index (χ4v) is 0.794. The SMILES string of the molecule is CC(C)COC(=O)NCCNC(=O)CC#N. The number of nitriles is 1. The van der Waals surface area contributed by atoms with Crippen LogP contribution in [0.2, 0.25) is 0 Å². The molecule has 2 N–H and O–H groups in total. The van der Waals surface area contributed by atoms with Crippen molar-refractivity contribution < 1.29 is 14.3 Å². The largest absolute Gasteiger partial charge is 0.449 e. The van der Waals surface area contributed by atoms with Crippen LogP contribution in [0.1, 0.15) is 20.3 Å². The monoisotopic (exact) mass is 227 g/mol. The summed E-state index contributed by atoms with van der Waals surface area (Å²) in [5.74, 6) is -0.0547. The van der Waals surface area contributed by atoms with Crippen LogP contribution in [-0.4, -0.2) is 31.7 Å². The van der Waals surface area contributed by atoms with Crippen molar-refractivity contribution in [3.05, 3.63) is 0 Å². The predicted molar refractivity (Wildman–Crippen MR) is 57.4 cm³/mol. The van der Waals surface area contributed by atoms with Gasteiger partial charge in [0.25, 0.3) is 0 Å². The van der Waals surface area contributed by atoms with Gasteiger partial charge in [-0.05, 0) is 5.92 Å². The topological polar surface area (TPSA) is 91.2 Å². The van der Waals surface area contributed by atoms with Crippen LogP contribution in [-0.2, 0) is 9.53 Å². The van der Waals surface area contributed by atoms with E-state index in [-0.39, 0.29) is 25.4 Å². The fraction of sp³-hybridized carbons (Fsp3) is 0.700. The quantitative estimate of drug-likeness (QED) is 0.642. The van der Waals surface area contributed by atoms with Gasteiger partial charge in [0.05, 0.1) is 12.7 Å². The third-order valence-electron chi connectivity index (χ3n) is 1.50. The van der Waals surface area contributed by atoms with Gasteiger partial charge in [0.2, 0.25) is 5.91 Å². The molecule has 90 valence electrons. The molecule has 0 fully saturated rings. The highest BCUT2D eigenvalue weighted by atomic mass is 16.5. The molecule has 16 heavy (non-hydrogen) atoms. The number of hydrogen-bond acceptors (Lipinski definition) is 4. The van der Waals surface area contributed by atoms with Crippen molar-refractivity contribution in [1.82, 2.24) is 10.6 Å². The van der Waals surface area contributed by atoms with Gasteiger partial charge in [0.15, 0.2) is 0 Å². The lowest BCUT2D eigenvalue weighted by Crippen LogP contribution is -2.35. The second-order valence-electron chi connectivity index (χ2n) is 3.60. The molecular formula is C10H17N3O3. The number of nitrogens with zero attached hydrogens (tertiary/aromatic N) is 1. The van der Waals surface area contributed by atoms with Crippen molar-refractivity contribution in [2.75, 3.05) is 19.7 Å². The number of rotatable bonds is 6. The maximum Gasteiger partial charge on any atom is 0.407 e. The highest BCUT2D eigenvalue weighted by Crippen LogP contribution is 1.91. The number of ether oxygens (including phenoxy) is 1. The Labute approximate surface area is 95.0 Å². The van der Waals surface area contributed by atoms with Gasteiger partial charge in [-0.1, -0.05) is 13.8 Å². The second kappa shape index (κ2) is 8.53. The van der Waals surface area contributed by atoms with Crippen LogP contribution >= 0.6 is 0 Å². The zero-order chi connectivity index (χ0) is 12.4. The molecular weight excluding hydrogens is 210 g/mol. The first kappa shape index (κ1) is 14.2. The lowest BCUT2D eigenvalue weighted by atomic mass is 10.2. The molecule has 0 unspecified atom stereocenters. The number of hydrogen-bond donors (Lipinski definition) is 2. The zero-order valence-corrected chi connectivity index (χ0v) is 9.58. The molecule has 6 nitrogen and oxygen atoms in total. The molecule has 0 radical (unpaired) electrons. The van der Waals surface area contributed by atoms with Crippen LogP contribution in [0.15, 0.2) is 0 Å². The molecule has 6 heteroatoms. The summed E-state index contributed by atoms with van der Waals surface area (Å²) in [4.78, 5) is 21.8. The fourth-order valence-electron chi connectivity index (χ4n) is 0.794. The Bertz CT molecular complexity index is 271. The van der Waals surface area contributed by atoms with Crippen LogP contribution in [0, 0.1) is 17.2 Å². The number of alkyl carbamates (subject to hydrolysis) is 1. The lowest BCUT2D eigenvalue weighted by Gasteiger charge is -2.08. The average molecular weight is 227 g/mol. The van der Waals surface area contributed by atoms with Crippen LogP contribution in [0.25, 0.3) is 0 Å². The Morgan fingerprint density at radius 1 is 1.31 bits per heavy atom. The van der Waals surface area contributed by atoms with Crippen LogP contribution in [0.3, 0.4) is 0 Å². The summed E-state index contributed by atoms with van der Waals surface area (Å²) in [5, 5.41) is 13.2. The summed E-state index contributed by atoms with van der Waals surface area (Å²) >= 11 is 0. The minimum atomic E-state index is -0.497. The lowest BCUT2D eigenvalue weighted by molar-refractivity contribution is -0.120. The van der Waals surface area contributed by atoms with Gasteiger partial charge in [0, 0.05) is 13.1 Å². The smallest absolute Gasteiger partial charge is 0.407 e. The van der Waals surface area contributed by atoms with E-state index in [0.717, 1.165) is 0 Å². The normalized spacial score (nSPS) is 9.38. The van der Waals surface area contributed by atoms with E-state index in [1.54, 1.807) is 6.07 Å². The van der Waals surface area contributed by atoms with E-state index in [2.05, 4.69) is 10.6 Å². The number of carbonyl (C=O) groups is 2. The molecule has 0 aromatic rings. The van der Waals surface area contributed by atoms with Crippen molar-refractivity contribution >= 4 is 12.0 Å². The van der Waals surface area contributed by atoms with Crippen molar-refractivity contribution in [1.29, 1.82) is 5.26 Å². The van der Waals surface area contributed by atoms with E-state index in [1.807, 2.05) is 13.8 Å². The second-order valence-corrected chi connectivity index (χ2v) is 3.60. The molecule has 0 bridgehead atoms. The summed E-state index contributed by atoms with van der Waals surface area (Å²) < 4.78 is 4.84. The first-order chi connectivity index (χ1) is 7.56. The number of nitrogens with one attached hydrogen (secondary N) is 2. The summed E-state index contributed by atoms with van der Waals surface area (Å²) in [6.07, 6.45) is -0.666. The molecule has 2 amide bonds. The van der Waals surface area contributed by atoms with Crippen LogP contribution in [0.4, 0.5) is 4.79 Å². The van der Waals surface area contributed by atoms with E-state index in [1.165, 1.54) is 0 Å². The summed E-state index contributed by atoms with van der Waals surface area (Å²) in [7, 11) is 0. The van der Waals surface area contributed by atoms with E-state index in [0.29, 0.717) is 12.5 Å². The van der Waals surface area contributed by atoms with Crippen molar-refractivity contribution in [3.8, 4) is 6.07 Å². The molecule has 0 aliphatic heterocycles. The van der Waals surface area contributed by atoms with E-state index in [4.69, 9.17) is 10.00 Å². The van der Waals surface area contributed by atoms with Crippen molar-refractivity contribution in [2.45, 2.75) is 20.3 Å². The third kappa shape index (κ3) is 8.81. The van der Waals surface area contributed by atoms with E-state index >= 15 is 0 Å². The highest BCUT2D eigenvalue weighted by Gasteiger charge is 2.03. The summed E-state index contributed by atoms with van der Waals surface area (Å²) in [6, 6.07) is 1.73. The maximum absolute atomic E-state index is 11.0. The van der Waals surface area contributed by atoms with E-state index < -0.39 is 6.09 Å². The Kier molecular flexibility index (Phi) is 7.59.